The van der Waals surface area contributed by atoms with Crippen molar-refractivity contribution in [1.82, 2.24) is 25.5 Å². The maximum atomic E-state index is 13.1. The molecule has 0 aliphatic carbocycles. The first kappa shape index (κ1) is 32.5. The SMILES string of the molecule is COC1=C(C)NC(C)(C)C(C(C)=O)=C1c1ccc(-c2ccccc2-c2nnnn2C(c2ccccc2)(c2ccccc2)c2ccccc2)cc1. The van der Waals surface area contributed by atoms with Crippen molar-refractivity contribution < 1.29 is 9.53 Å². The number of benzene rings is 5. The van der Waals surface area contributed by atoms with E-state index in [2.05, 4.69) is 120 Å². The number of rotatable bonds is 9. The fourth-order valence-electron chi connectivity index (χ4n) is 7.58. The van der Waals surface area contributed by atoms with Gasteiger partial charge in [-0.3, -0.25) is 4.79 Å². The molecular weight excluding hydrogens is 619 g/mol. The van der Waals surface area contributed by atoms with Crippen LogP contribution in [0.2, 0.25) is 0 Å². The minimum Gasteiger partial charge on any atom is -0.494 e. The maximum Gasteiger partial charge on any atom is 0.184 e. The predicted octanol–water partition coefficient (Wildman–Crippen LogP) is 8.45. The van der Waals surface area contributed by atoms with Crippen molar-refractivity contribution in [3.8, 4) is 22.5 Å². The van der Waals surface area contributed by atoms with Crippen LogP contribution in [0, 0.1) is 0 Å². The number of nitrogens with one attached hydrogen (secondary N) is 1. The molecule has 1 aliphatic heterocycles. The lowest BCUT2D eigenvalue weighted by Gasteiger charge is -2.37. The minimum absolute atomic E-state index is 0.000426. The van der Waals surface area contributed by atoms with Crippen LogP contribution in [0.5, 0.6) is 0 Å². The highest BCUT2D eigenvalue weighted by atomic mass is 16.5. The quantitative estimate of drug-likeness (QED) is 0.157. The van der Waals surface area contributed by atoms with E-state index in [9.17, 15) is 4.79 Å². The number of Topliss-reactive ketones (excluding diaryl/α,β-unsaturated/α-hetero) is 1. The highest BCUT2D eigenvalue weighted by molar-refractivity contribution is 6.07. The summed E-state index contributed by atoms with van der Waals surface area (Å²) >= 11 is 0. The number of carbonyl (C=O) groups is 1. The van der Waals surface area contributed by atoms with Crippen LogP contribution in [-0.4, -0.2) is 38.6 Å². The van der Waals surface area contributed by atoms with E-state index in [1.807, 2.05) is 55.8 Å². The van der Waals surface area contributed by atoms with Gasteiger partial charge < -0.3 is 10.1 Å². The Hall–Kier alpha value is -6.08. The number of carbonyl (C=O) groups excluding carboxylic acids is 1. The number of ketones is 1. The molecule has 5 aromatic carbocycles. The van der Waals surface area contributed by atoms with Crippen molar-refractivity contribution >= 4 is 11.4 Å². The van der Waals surface area contributed by atoms with Crippen LogP contribution in [0.4, 0.5) is 0 Å². The van der Waals surface area contributed by atoms with Gasteiger partial charge in [-0.1, -0.05) is 140 Å². The Morgan fingerprint density at radius 1 is 0.700 bits per heavy atom. The van der Waals surface area contributed by atoms with Crippen LogP contribution in [0.25, 0.3) is 28.1 Å². The van der Waals surface area contributed by atoms with Gasteiger partial charge in [-0.15, -0.1) is 5.10 Å². The van der Waals surface area contributed by atoms with Gasteiger partial charge in [-0.05, 0) is 71.5 Å². The summed E-state index contributed by atoms with van der Waals surface area (Å²) in [5.74, 6) is 1.30. The highest BCUT2D eigenvalue weighted by Gasteiger charge is 2.42. The third kappa shape index (κ3) is 5.41. The lowest BCUT2D eigenvalue weighted by atomic mass is 9.77. The monoisotopic (exact) mass is 657 g/mol. The van der Waals surface area contributed by atoms with E-state index in [0.717, 1.165) is 50.2 Å². The third-order valence-corrected chi connectivity index (χ3v) is 9.51. The van der Waals surface area contributed by atoms with Crippen molar-refractivity contribution in [1.29, 1.82) is 0 Å². The molecule has 50 heavy (non-hydrogen) atoms. The van der Waals surface area contributed by atoms with Gasteiger partial charge in [0.25, 0.3) is 0 Å². The van der Waals surface area contributed by atoms with E-state index in [1.165, 1.54) is 0 Å². The number of hydrogen-bond acceptors (Lipinski definition) is 6. The molecule has 0 spiro atoms. The molecule has 248 valence electrons. The van der Waals surface area contributed by atoms with Crippen LogP contribution in [0.3, 0.4) is 0 Å². The molecule has 0 saturated heterocycles. The molecule has 7 heteroatoms. The number of methoxy groups -OCH3 is 1. The van der Waals surface area contributed by atoms with Crippen molar-refractivity contribution in [3.05, 3.63) is 179 Å². The first-order chi connectivity index (χ1) is 24.3. The van der Waals surface area contributed by atoms with Gasteiger partial charge in [0.1, 0.15) is 11.3 Å². The molecular formula is C43H39N5O2. The lowest BCUT2D eigenvalue weighted by Crippen LogP contribution is -2.45. The maximum absolute atomic E-state index is 13.1. The standard InChI is InChI=1S/C43H39N5O2/c1-29-40(50-5)38(39(30(2)49)42(3,4)44-29)32-27-25-31(26-28-32)36-23-15-16-24-37(36)41-45-46-47-48(41)43(33-17-9-6-10-18-33,34-19-11-7-12-20-34)35-21-13-8-14-22-35/h6-28,44H,1-5H3. The van der Waals surface area contributed by atoms with E-state index in [1.54, 1.807) is 14.0 Å². The normalized spacial score (nSPS) is 14.3. The summed E-state index contributed by atoms with van der Waals surface area (Å²) in [6.07, 6.45) is 0. The third-order valence-electron chi connectivity index (χ3n) is 9.51. The van der Waals surface area contributed by atoms with Crippen LogP contribution >= 0.6 is 0 Å². The Labute approximate surface area is 293 Å². The second kappa shape index (κ2) is 13.1. The molecule has 7 rings (SSSR count). The van der Waals surface area contributed by atoms with Gasteiger partial charge in [0.2, 0.25) is 0 Å². The number of dihydropyridines is 1. The Morgan fingerprint density at radius 2 is 1.18 bits per heavy atom. The van der Waals surface area contributed by atoms with Gasteiger partial charge in [-0.25, -0.2) is 4.68 Å². The van der Waals surface area contributed by atoms with E-state index in [-0.39, 0.29) is 5.78 Å². The lowest BCUT2D eigenvalue weighted by molar-refractivity contribution is -0.114. The van der Waals surface area contributed by atoms with Gasteiger partial charge in [0.15, 0.2) is 11.6 Å². The van der Waals surface area contributed by atoms with Gasteiger partial charge >= 0.3 is 0 Å². The Morgan fingerprint density at radius 3 is 1.68 bits per heavy atom. The summed E-state index contributed by atoms with van der Waals surface area (Å²) < 4.78 is 7.82. The fourth-order valence-corrected chi connectivity index (χ4v) is 7.58. The number of ether oxygens (including phenoxy) is 1. The fraction of sp³-hybridized carbons (Fsp3) is 0.163. The number of tetrazole rings is 1. The molecule has 1 N–H and O–H groups in total. The number of allylic oxidation sites excluding steroid dienone is 2. The van der Waals surface area contributed by atoms with Crippen molar-refractivity contribution in [3.63, 3.8) is 0 Å². The number of aromatic nitrogens is 4. The summed E-state index contributed by atoms with van der Waals surface area (Å²) in [4.78, 5) is 13.1. The Bertz CT molecular complexity index is 2120. The van der Waals surface area contributed by atoms with Crippen molar-refractivity contribution in [2.45, 2.75) is 38.8 Å². The summed E-state index contributed by atoms with van der Waals surface area (Å²) in [6.45, 7) is 7.64. The molecule has 0 bridgehead atoms. The summed E-state index contributed by atoms with van der Waals surface area (Å²) in [7, 11) is 1.64. The first-order valence-corrected chi connectivity index (χ1v) is 16.7. The minimum atomic E-state index is -0.877. The van der Waals surface area contributed by atoms with Crippen LogP contribution in [-0.2, 0) is 15.1 Å². The molecule has 7 nitrogen and oxygen atoms in total. The molecule has 6 aromatic rings. The zero-order valence-electron chi connectivity index (χ0n) is 28.9. The van der Waals surface area contributed by atoms with Crippen LogP contribution in [0.15, 0.2) is 157 Å². The topological polar surface area (TPSA) is 81.9 Å². The van der Waals surface area contributed by atoms with E-state index in [4.69, 9.17) is 15.0 Å². The summed E-state index contributed by atoms with van der Waals surface area (Å²) in [6, 6.07) is 47.7. The first-order valence-electron chi connectivity index (χ1n) is 16.7. The van der Waals surface area contributed by atoms with Crippen molar-refractivity contribution in [2.75, 3.05) is 7.11 Å². The number of nitrogens with zero attached hydrogens (tertiary/aromatic N) is 4. The summed E-state index contributed by atoms with van der Waals surface area (Å²) in [5.41, 5.74) is 7.80. The molecule has 1 aromatic heterocycles. The van der Waals surface area contributed by atoms with Crippen LogP contribution in [0.1, 0.15) is 49.9 Å². The smallest absolute Gasteiger partial charge is 0.184 e. The van der Waals surface area contributed by atoms with Crippen LogP contribution < -0.4 is 5.32 Å². The Balaban J connectivity index is 1.42. The van der Waals surface area contributed by atoms with E-state index < -0.39 is 11.1 Å². The molecule has 0 amide bonds. The second-order valence-electron chi connectivity index (χ2n) is 13.1. The zero-order valence-corrected chi connectivity index (χ0v) is 28.9. The predicted molar refractivity (Wildman–Crippen MR) is 198 cm³/mol. The molecule has 0 radical (unpaired) electrons. The van der Waals surface area contributed by atoms with Gasteiger partial charge in [0.05, 0.1) is 18.3 Å². The van der Waals surface area contributed by atoms with E-state index in [0.29, 0.717) is 17.2 Å². The molecule has 2 heterocycles. The van der Waals surface area contributed by atoms with E-state index >= 15 is 0 Å². The summed E-state index contributed by atoms with van der Waals surface area (Å²) in [5, 5.41) is 17.2. The molecule has 0 saturated carbocycles. The largest absolute Gasteiger partial charge is 0.494 e. The van der Waals surface area contributed by atoms with Gasteiger partial charge in [0, 0.05) is 16.7 Å². The molecule has 0 atom stereocenters. The second-order valence-corrected chi connectivity index (χ2v) is 13.1. The molecule has 1 aliphatic rings. The average molecular weight is 658 g/mol. The number of hydrogen-bond donors (Lipinski definition) is 1. The highest BCUT2D eigenvalue weighted by Crippen LogP contribution is 2.44. The molecule has 0 unspecified atom stereocenters. The average Bonchev–Trinajstić information content (AvgIpc) is 3.63. The molecule has 0 fully saturated rings. The Kier molecular flexibility index (Phi) is 8.50. The zero-order chi connectivity index (χ0) is 34.9. The van der Waals surface area contributed by atoms with Crippen molar-refractivity contribution in [2.24, 2.45) is 0 Å². The van der Waals surface area contributed by atoms with Gasteiger partial charge in [-0.2, -0.15) is 0 Å².